The van der Waals surface area contributed by atoms with Crippen molar-refractivity contribution in [3.63, 3.8) is 0 Å². The van der Waals surface area contributed by atoms with Gasteiger partial charge in [0.25, 0.3) is 0 Å². The Labute approximate surface area is 136 Å². The highest BCUT2D eigenvalue weighted by atomic mass is 19.1. The molecular formula is C18H12FN3O2. The second-order valence-electron chi connectivity index (χ2n) is 5.35. The quantitative estimate of drug-likeness (QED) is 0.524. The van der Waals surface area contributed by atoms with Crippen molar-refractivity contribution >= 4 is 11.0 Å². The zero-order valence-corrected chi connectivity index (χ0v) is 12.4. The third kappa shape index (κ3) is 2.34. The number of imidazole rings is 1. The molecule has 2 heterocycles. The molecule has 0 aliphatic rings. The van der Waals surface area contributed by atoms with Gasteiger partial charge in [-0.1, -0.05) is 0 Å². The number of fused-ring (bicyclic) bond motifs is 1. The topological polar surface area (TPSA) is 82.0 Å². The van der Waals surface area contributed by atoms with E-state index in [2.05, 4.69) is 15.0 Å². The molecule has 5 nitrogen and oxygen atoms in total. The third-order valence-corrected chi connectivity index (χ3v) is 3.75. The Bertz CT molecular complexity index is 1000. The third-order valence-electron chi connectivity index (χ3n) is 3.75. The van der Waals surface area contributed by atoms with Crippen LogP contribution < -0.4 is 0 Å². The van der Waals surface area contributed by atoms with Crippen molar-refractivity contribution in [3.05, 3.63) is 60.5 Å². The number of halogens is 1. The number of rotatable bonds is 2. The van der Waals surface area contributed by atoms with Crippen molar-refractivity contribution in [2.24, 2.45) is 0 Å². The maximum atomic E-state index is 13.5. The average molecular weight is 321 g/mol. The molecule has 0 atom stereocenters. The molecule has 0 fully saturated rings. The number of benzene rings is 2. The predicted molar refractivity (Wildman–Crippen MR) is 88.0 cm³/mol. The van der Waals surface area contributed by atoms with Crippen LogP contribution in [-0.2, 0) is 0 Å². The summed E-state index contributed by atoms with van der Waals surface area (Å²) in [6.45, 7) is 0. The largest absolute Gasteiger partial charge is 0.508 e. The van der Waals surface area contributed by atoms with Crippen LogP contribution in [0.15, 0.2) is 54.7 Å². The molecule has 0 saturated carbocycles. The Morgan fingerprint density at radius 3 is 2.58 bits per heavy atom. The van der Waals surface area contributed by atoms with Crippen molar-refractivity contribution in [1.29, 1.82) is 0 Å². The molecule has 4 rings (SSSR count). The first-order valence-electron chi connectivity index (χ1n) is 7.25. The number of H-pyrrole nitrogens is 1. The Morgan fingerprint density at radius 2 is 1.79 bits per heavy atom. The number of phenolic OH excluding ortho intramolecular Hbond substituents is 2. The fourth-order valence-corrected chi connectivity index (χ4v) is 2.59. The summed E-state index contributed by atoms with van der Waals surface area (Å²) in [4.78, 5) is 11.9. The number of nitrogens with zero attached hydrogens (tertiary/aromatic N) is 2. The maximum Gasteiger partial charge on any atom is 0.167 e. The molecule has 0 aliphatic carbocycles. The Kier molecular flexibility index (Phi) is 3.16. The van der Waals surface area contributed by atoms with Gasteiger partial charge in [-0.25, -0.2) is 9.37 Å². The van der Waals surface area contributed by atoms with Crippen LogP contribution >= 0.6 is 0 Å². The lowest BCUT2D eigenvalue weighted by molar-refractivity contribution is 0.433. The molecule has 0 aliphatic heterocycles. The van der Waals surface area contributed by atoms with Gasteiger partial charge in [-0.3, -0.25) is 4.98 Å². The molecule has 6 heteroatoms. The minimum atomic E-state index is -0.706. The van der Waals surface area contributed by atoms with E-state index < -0.39 is 11.6 Å². The minimum absolute atomic E-state index is 0.172. The Hall–Kier alpha value is -3.41. The SMILES string of the molecule is Oc1ccc(-c2ncccc2-c2nc3cc(O)c(F)cc3[nH]2)cc1. The maximum absolute atomic E-state index is 13.5. The first-order valence-corrected chi connectivity index (χ1v) is 7.25. The summed E-state index contributed by atoms with van der Waals surface area (Å²) in [7, 11) is 0. The van der Waals surface area contributed by atoms with Crippen molar-refractivity contribution < 1.29 is 14.6 Å². The lowest BCUT2D eigenvalue weighted by atomic mass is 10.1. The number of pyridine rings is 1. The van der Waals surface area contributed by atoms with Gasteiger partial charge in [0.05, 0.1) is 16.7 Å². The number of aromatic amines is 1. The van der Waals surface area contributed by atoms with Crippen LogP contribution in [0.25, 0.3) is 33.7 Å². The summed E-state index contributed by atoms with van der Waals surface area (Å²) < 4.78 is 13.5. The van der Waals surface area contributed by atoms with Crippen molar-refractivity contribution in [2.45, 2.75) is 0 Å². The van der Waals surface area contributed by atoms with E-state index in [9.17, 15) is 14.6 Å². The monoisotopic (exact) mass is 321 g/mol. The van der Waals surface area contributed by atoms with Gasteiger partial charge in [-0.05, 0) is 36.4 Å². The van der Waals surface area contributed by atoms with Gasteiger partial charge < -0.3 is 15.2 Å². The predicted octanol–water partition coefficient (Wildman–Crippen LogP) is 3.84. The molecule has 24 heavy (non-hydrogen) atoms. The summed E-state index contributed by atoms with van der Waals surface area (Å²) in [6.07, 6.45) is 1.67. The summed E-state index contributed by atoms with van der Waals surface area (Å²) in [5.74, 6) is -0.453. The van der Waals surface area contributed by atoms with Crippen molar-refractivity contribution in [3.8, 4) is 34.1 Å². The standard InChI is InChI=1S/C18H12FN3O2/c19-13-8-14-15(9-16(13)24)22-18(21-14)12-2-1-7-20-17(12)10-3-5-11(23)6-4-10/h1-9,23-24H,(H,21,22). The molecule has 0 saturated heterocycles. The van der Waals surface area contributed by atoms with Crippen LogP contribution in [0.3, 0.4) is 0 Å². The number of hydrogen-bond donors (Lipinski definition) is 3. The molecule has 2 aromatic heterocycles. The molecule has 0 amide bonds. The van der Waals surface area contributed by atoms with Crippen LogP contribution in [-0.4, -0.2) is 25.2 Å². The van der Waals surface area contributed by atoms with Gasteiger partial charge in [0, 0.05) is 29.5 Å². The van der Waals surface area contributed by atoms with Crippen molar-refractivity contribution in [2.75, 3.05) is 0 Å². The van der Waals surface area contributed by atoms with Gasteiger partial charge in [-0.2, -0.15) is 0 Å². The lowest BCUT2D eigenvalue weighted by Gasteiger charge is -2.06. The molecule has 4 aromatic rings. The smallest absolute Gasteiger partial charge is 0.167 e. The van der Waals surface area contributed by atoms with Crippen LogP contribution in [0.1, 0.15) is 0 Å². The molecule has 0 unspecified atom stereocenters. The van der Waals surface area contributed by atoms with Gasteiger partial charge in [0.2, 0.25) is 0 Å². The summed E-state index contributed by atoms with van der Waals surface area (Å²) in [6, 6.07) is 12.8. The van der Waals surface area contributed by atoms with Gasteiger partial charge in [-0.15, -0.1) is 0 Å². The molecule has 3 N–H and O–H groups in total. The van der Waals surface area contributed by atoms with Gasteiger partial charge >= 0.3 is 0 Å². The Balaban J connectivity index is 1.89. The van der Waals surface area contributed by atoms with E-state index in [1.807, 2.05) is 6.07 Å². The second-order valence-corrected chi connectivity index (χ2v) is 5.35. The number of phenols is 2. The molecule has 0 spiro atoms. The Morgan fingerprint density at radius 1 is 1.00 bits per heavy atom. The second kappa shape index (κ2) is 5.34. The highest BCUT2D eigenvalue weighted by Crippen LogP contribution is 2.31. The van der Waals surface area contributed by atoms with Crippen LogP contribution in [0.5, 0.6) is 11.5 Å². The van der Waals surface area contributed by atoms with Crippen LogP contribution in [0.2, 0.25) is 0 Å². The summed E-state index contributed by atoms with van der Waals surface area (Å²) in [5, 5.41) is 18.9. The molecule has 2 aromatic carbocycles. The van der Waals surface area contributed by atoms with E-state index in [0.717, 1.165) is 11.1 Å². The molecule has 0 bridgehead atoms. The van der Waals surface area contributed by atoms with Crippen molar-refractivity contribution in [1.82, 2.24) is 15.0 Å². The fraction of sp³-hybridized carbons (Fsp3) is 0. The highest BCUT2D eigenvalue weighted by Gasteiger charge is 2.14. The van der Waals surface area contributed by atoms with E-state index in [1.165, 1.54) is 12.1 Å². The molecular weight excluding hydrogens is 309 g/mol. The van der Waals surface area contributed by atoms with E-state index in [4.69, 9.17) is 0 Å². The van der Waals surface area contributed by atoms with Gasteiger partial charge in [0.1, 0.15) is 11.6 Å². The van der Waals surface area contributed by atoms with Crippen LogP contribution in [0, 0.1) is 5.82 Å². The van der Waals surface area contributed by atoms with Gasteiger partial charge in [0.15, 0.2) is 11.6 Å². The number of hydrogen-bond acceptors (Lipinski definition) is 4. The average Bonchev–Trinajstić information content (AvgIpc) is 2.98. The summed E-state index contributed by atoms with van der Waals surface area (Å²) >= 11 is 0. The zero-order valence-electron chi connectivity index (χ0n) is 12.4. The normalized spacial score (nSPS) is 11.0. The number of aromatic hydroxyl groups is 2. The number of aromatic nitrogens is 3. The first kappa shape index (κ1) is 14.2. The van der Waals surface area contributed by atoms with E-state index in [0.29, 0.717) is 22.6 Å². The van der Waals surface area contributed by atoms with E-state index in [-0.39, 0.29) is 5.75 Å². The van der Waals surface area contributed by atoms with E-state index >= 15 is 0 Å². The highest BCUT2D eigenvalue weighted by molar-refractivity contribution is 5.85. The minimum Gasteiger partial charge on any atom is -0.508 e. The zero-order chi connectivity index (χ0) is 16.7. The first-order chi connectivity index (χ1) is 11.6. The van der Waals surface area contributed by atoms with E-state index in [1.54, 1.807) is 36.5 Å². The fourth-order valence-electron chi connectivity index (χ4n) is 2.59. The molecule has 0 radical (unpaired) electrons. The summed E-state index contributed by atoms with van der Waals surface area (Å²) in [5.41, 5.74) is 3.18. The van der Waals surface area contributed by atoms with Crippen LogP contribution in [0.4, 0.5) is 4.39 Å². The lowest BCUT2D eigenvalue weighted by Crippen LogP contribution is -1.90. The molecule has 118 valence electrons. The number of nitrogens with one attached hydrogen (secondary N) is 1.